The van der Waals surface area contributed by atoms with Gasteiger partial charge in [-0.2, -0.15) is 0 Å². The third-order valence-electron chi connectivity index (χ3n) is 6.18. The lowest BCUT2D eigenvalue weighted by Crippen LogP contribution is -2.49. The summed E-state index contributed by atoms with van der Waals surface area (Å²) in [5.74, 6) is 0.139. The van der Waals surface area contributed by atoms with Crippen LogP contribution < -0.4 is 4.90 Å². The fourth-order valence-corrected chi connectivity index (χ4v) is 4.74. The Morgan fingerprint density at radius 3 is 2.16 bits per heavy atom. The Morgan fingerprint density at radius 1 is 0.903 bits per heavy atom. The molecule has 1 heterocycles. The molecule has 1 amide bonds. The van der Waals surface area contributed by atoms with Crippen LogP contribution in [0.15, 0.2) is 66.7 Å². The minimum absolute atomic E-state index is 0.0565. The van der Waals surface area contributed by atoms with E-state index in [0.717, 1.165) is 0 Å². The largest absolute Gasteiger partial charge is 0.504 e. The summed E-state index contributed by atoms with van der Waals surface area (Å²) in [7, 11) is 0. The molecule has 31 heavy (non-hydrogen) atoms. The number of piperazine rings is 1. The molecule has 2 aliphatic rings. The second-order valence-electron chi connectivity index (χ2n) is 7.89. The molecule has 5 nitrogen and oxygen atoms in total. The van der Waals surface area contributed by atoms with Gasteiger partial charge in [-0.15, -0.1) is 0 Å². The maximum atomic E-state index is 12.8. The zero-order valence-electron chi connectivity index (χ0n) is 17.0. The minimum Gasteiger partial charge on any atom is -0.504 e. The summed E-state index contributed by atoms with van der Waals surface area (Å²) < 4.78 is 5.76. The second-order valence-corrected chi connectivity index (χ2v) is 8.29. The number of anilines is 1. The molecule has 0 atom stereocenters. The van der Waals surface area contributed by atoms with Crippen LogP contribution in [-0.4, -0.2) is 48.9 Å². The number of rotatable bonds is 3. The molecule has 6 heteroatoms. The Kier molecular flexibility index (Phi) is 5.20. The van der Waals surface area contributed by atoms with Gasteiger partial charge in [0.15, 0.2) is 5.75 Å². The SMILES string of the molecule is O=C(OCC1c2ccccc2-c2ccccc21)N1CCN(c2cccc(Cl)c2O)CC1. The van der Waals surface area contributed by atoms with Gasteiger partial charge < -0.3 is 19.6 Å². The van der Waals surface area contributed by atoms with Gasteiger partial charge in [0.1, 0.15) is 6.61 Å². The molecule has 0 aromatic heterocycles. The molecular weight excluding hydrogens is 412 g/mol. The average molecular weight is 435 g/mol. The van der Waals surface area contributed by atoms with Crippen molar-refractivity contribution >= 4 is 23.4 Å². The second kappa shape index (κ2) is 8.16. The van der Waals surface area contributed by atoms with Crippen LogP contribution in [0, 0.1) is 0 Å². The van der Waals surface area contributed by atoms with Crippen LogP contribution in [0.4, 0.5) is 10.5 Å². The van der Waals surface area contributed by atoms with Crippen molar-refractivity contribution in [2.45, 2.75) is 5.92 Å². The highest BCUT2D eigenvalue weighted by molar-refractivity contribution is 6.32. The maximum Gasteiger partial charge on any atom is 0.409 e. The smallest absolute Gasteiger partial charge is 0.409 e. The van der Waals surface area contributed by atoms with Gasteiger partial charge in [-0.25, -0.2) is 4.79 Å². The number of aromatic hydroxyl groups is 1. The van der Waals surface area contributed by atoms with Gasteiger partial charge in [0.05, 0.1) is 10.7 Å². The van der Waals surface area contributed by atoms with Gasteiger partial charge >= 0.3 is 6.09 Å². The van der Waals surface area contributed by atoms with Crippen molar-refractivity contribution in [2.75, 3.05) is 37.7 Å². The van der Waals surface area contributed by atoms with E-state index in [1.54, 1.807) is 11.0 Å². The molecule has 5 rings (SSSR count). The summed E-state index contributed by atoms with van der Waals surface area (Å²) >= 11 is 6.03. The van der Waals surface area contributed by atoms with Gasteiger partial charge in [-0.05, 0) is 34.4 Å². The first kappa shape index (κ1) is 19.8. The lowest BCUT2D eigenvalue weighted by Gasteiger charge is -2.36. The number of ether oxygens (including phenoxy) is 1. The summed E-state index contributed by atoms with van der Waals surface area (Å²) in [6, 6.07) is 21.9. The van der Waals surface area contributed by atoms with Crippen LogP contribution in [0.25, 0.3) is 11.1 Å². The molecule has 1 aliphatic heterocycles. The summed E-state index contributed by atoms with van der Waals surface area (Å²) in [6.45, 7) is 2.60. The summed E-state index contributed by atoms with van der Waals surface area (Å²) in [5, 5.41) is 10.5. The number of phenolic OH excluding ortho intramolecular Hbond substituents is 1. The highest BCUT2D eigenvalue weighted by atomic mass is 35.5. The summed E-state index contributed by atoms with van der Waals surface area (Å²) in [6.07, 6.45) is -0.295. The van der Waals surface area contributed by atoms with Crippen LogP contribution in [-0.2, 0) is 4.74 Å². The molecule has 1 fully saturated rings. The first-order valence-electron chi connectivity index (χ1n) is 10.5. The number of carbonyl (C=O) groups excluding carboxylic acids is 1. The van der Waals surface area contributed by atoms with E-state index in [-0.39, 0.29) is 17.8 Å². The number of hydrogen-bond acceptors (Lipinski definition) is 4. The van der Waals surface area contributed by atoms with Crippen molar-refractivity contribution in [3.8, 4) is 16.9 Å². The first-order chi connectivity index (χ1) is 15.1. The fraction of sp³-hybridized carbons (Fsp3) is 0.240. The Bertz CT molecular complexity index is 1080. The van der Waals surface area contributed by atoms with Crippen molar-refractivity contribution < 1.29 is 14.6 Å². The van der Waals surface area contributed by atoms with Crippen LogP contribution in [0.3, 0.4) is 0 Å². The molecule has 0 spiro atoms. The van der Waals surface area contributed by atoms with E-state index >= 15 is 0 Å². The number of carbonyl (C=O) groups is 1. The molecule has 3 aromatic rings. The number of fused-ring (bicyclic) bond motifs is 3. The fourth-order valence-electron chi connectivity index (χ4n) is 4.57. The van der Waals surface area contributed by atoms with E-state index in [0.29, 0.717) is 43.5 Å². The van der Waals surface area contributed by atoms with Crippen molar-refractivity contribution in [1.82, 2.24) is 4.90 Å². The van der Waals surface area contributed by atoms with E-state index in [2.05, 4.69) is 24.3 Å². The van der Waals surface area contributed by atoms with Gasteiger partial charge in [0.25, 0.3) is 0 Å². The van der Waals surface area contributed by atoms with Gasteiger partial charge in [0, 0.05) is 32.1 Å². The number of benzene rings is 3. The van der Waals surface area contributed by atoms with Crippen LogP contribution in [0.2, 0.25) is 5.02 Å². The monoisotopic (exact) mass is 434 g/mol. The number of para-hydroxylation sites is 1. The van der Waals surface area contributed by atoms with Crippen molar-refractivity contribution in [3.63, 3.8) is 0 Å². The Balaban J connectivity index is 1.23. The third kappa shape index (κ3) is 3.59. The molecule has 3 aromatic carbocycles. The van der Waals surface area contributed by atoms with Gasteiger partial charge in [-0.3, -0.25) is 0 Å². The molecule has 158 valence electrons. The van der Waals surface area contributed by atoms with Crippen molar-refractivity contribution in [1.29, 1.82) is 0 Å². The molecular formula is C25H23ClN2O3. The maximum absolute atomic E-state index is 12.8. The van der Waals surface area contributed by atoms with Crippen LogP contribution >= 0.6 is 11.6 Å². The van der Waals surface area contributed by atoms with Crippen molar-refractivity contribution in [2.24, 2.45) is 0 Å². The molecule has 1 N–H and O–H groups in total. The quantitative estimate of drug-likeness (QED) is 0.621. The predicted octanol–water partition coefficient (Wildman–Crippen LogP) is 5.12. The third-order valence-corrected chi connectivity index (χ3v) is 6.49. The molecule has 0 unspecified atom stereocenters. The standard InChI is InChI=1S/C25H23ClN2O3/c26-22-10-5-11-23(24(22)29)27-12-14-28(15-13-27)25(30)31-16-21-19-8-3-1-6-17(19)18-7-2-4-9-20(18)21/h1-11,21,29H,12-16H2. The first-order valence-corrected chi connectivity index (χ1v) is 10.8. The Labute approximate surface area is 186 Å². The van der Waals surface area contributed by atoms with Crippen LogP contribution in [0.5, 0.6) is 5.75 Å². The van der Waals surface area contributed by atoms with Crippen molar-refractivity contribution in [3.05, 3.63) is 82.9 Å². The van der Waals surface area contributed by atoms with E-state index in [1.807, 2.05) is 41.3 Å². The molecule has 0 radical (unpaired) electrons. The molecule has 0 bridgehead atoms. The highest BCUT2D eigenvalue weighted by Crippen LogP contribution is 2.44. The molecule has 0 saturated carbocycles. The lowest BCUT2D eigenvalue weighted by molar-refractivity contribution is 0.0976. The lowest BCUT2D eigenvalue weighted by atomic mass is 9.98. The highest BCUT2D eigenvalue weighted by Gasteiger charge is 2.30. The molecule has 1 aliphatic carbocycles. The number of nitrogens with zero attached hydrogens (tertiary/aromatic N) is 2. The number of phenols is 1. The number of amides is 1. The minimum atomic E-state index is -0.295. The van der Waals surface area contributed by atoms with Crippen LogP contribution in [0.1, 0.15) is 17.0 Å². The topological polar surface area (TPSA) is 53.0 Å². The zero-order chi connectivity index (χ0) is 21.4. The van der Waals surface area contributed by atoms with E-state index in [9.17, 15) is 9.90 Å². The number of hydrogen-bond donors (Lipinski definition) is 1. The Hall–Kier alpha value is -3.18. The summed E-state index contributed by atoms with van der Waals surface area (Å²) in [5.41, 5.74) is 5.54. The van der Waals surface area contributed by atoms with E-state index < -0.39 is 0 Å². The van der Waals surface area contributed by atoms with Gasteiger partial charge in [0.2, 0.25) is 0 Å². The normalized spacial score (nSPS) is 15.5. The predicted molar refractivity (Wildman–Crippen MR) is 122 cm³/mol. The van der Waals surface area contributed by atoms with E-state index in [1.165, 1.54) is 22.3 Å². The zero-order valence-corrected chi connectivity index (χ0v) is 17.8. The average Bonchev–Trinajstić information content (AvgIpc) is 3.13. The van der Waals surface area contributed by atoms with E-state index in [4.69, 9.17) is 16.3 Å². The number of halogens is 1. The van der Waals surface area contributed by atoms with Gasteiger partial charge in [-0.1, -0.05) is 66.2 Å². The Morgan fingerprint density at radius 2 is 1.52 bits per heavy atom. The molecule has 1 saturated heterocycles. The summed E-state index contributed by atoms with van der Waals surface area (Å²) in [4.78, 5) is 16.5.